The zero-order valence-electron chi connectivity index (χ0n) is 12.5. The summed E-state index contributed by atoms with van der Waals surface area (Å²) in [5.41, 5.74) is 1.17. The minimum Gasteiger partial charge on any atom is -0.480 e. The summed E-state index contributed by atoms with van der Waals surface area (Å²) >= 11 is 5.26. The Hall–Kier alpha value is -1.17. The first kappa shape index (κ1) is 17.2. The molecule has 0 aliphatic carbocycles. The molecule has 2 aromatic rings. The highest BCUT2D eigenvalue weighted by molar-refractivity contribution is 9.10. The zero-order chi connectivity index (χ0) is 15.9. The lowest BCUT2D eigenvalue weighted by Crippen LogP contribution is -2.35. The molecule has 0 bridgehead atoms. The molecule has 0 amide bonds. The third-order valence-corrected chi connectivity index (χ3v) is 5.28. The summed E-state index contributed by atoms with van der Waals surface area (Å²) in [5.74, 6) is -0.768. The highest BCUT2D eigenvalue weighted by atomic mass is 79.9. The van der Waals surface area contributed by atoms with Crippen LogP contribution >= 0.6 is 27.3 Å². The van der Waals surface area contributed by atoms with Crippen LogP contribution < -0.4 is 5.32 Å². The van der Waals surface area contributed by atoms with Crippen molar-refractivity contribution < 1.29 is 9.90 Å². The molecule has 118 valence electrons. The number of rotatable bonds is 8. The monoisotopic (exact) mass is 381 g/mol. The molecule has 1 atom stereocenters. The first-order chi connectivity index (χ1) is 10.6. The van der Waals surface area contributed by atoms with Crippen LogP contribution in [-0.2, 0) is 11.3 Å². The summed E-state index contributed by atoms with van der Waals surface area (Å²) in [6, 6.07) is 11.8. The van der Waals surface area contributed by atoms with E-state index < -0.39 is 12.0 Å². The highest BCUT2D eigenvalue weighted by Gasteiger charge is 2.16. The first-order valence-electron chi connectivity index (χ1n) is 7.41. The van der Waals surface area contributed by atoms with E-state index in [1.807, 2.05) is 18.2 Å². The van der Waals surface area contributed by atoms with E-state index in [-0.39, 0.29) is 0 Å². The van der Waals surface area contributed by atoms with Gasteiger partial charge in [0.25, 0.3) is 0 Å². The van der Waals surface area contributed by atoms with E-state index in [9.17, 15) is 9.90 Å². The van der Waals surface area contributed by atoms with Gasteiger partial charge in [-0.05, 0) is 24.6 Å². The molecule has 0 aliphatic heterocycles. The van der Waals surface area contributed by atoms with Crippen LogP contribution in [0.4, 0.5) is 0 Å². The number of halogens is 1. The predicted octanol–water partition coefficient (Wildman–Crippen LogP) is 4.91. The molecule has 0 aliphatic rings. The van der Waals surface area contributed by atoms with Gasteiger partial charge in [0, 0.05) is 26.3 Å². The summed E-state index contributed by atoms with van der Waals surface area (Å²) in [6.45, 7) is 2.66. The lowest BCUT2D eigenvalue weighted by Gasteiger charge is -2.13. The summed E-state index contributed by atoms with van der Waals surface area (Å²) < 4.78 is 1.07. The van der Waals surface area contributed by atoms with E-state index in [1.54, 1.807) is 11.3 Å². The van der Waals surface area contributed by atoms with Crippen molar-refractivity contribution in [1.82, 2.24) is 5.32 Å². The Morgan fingerprint density at radius 1 is 1.32 bits per heavy atom. The Labute approximate surface area is 143 Å². The molecular formula is C17H20BrNO2S. The average molecular weight is 382 g/mol. The number of hydrogen-bond donors (Lipinski definition) is 2. The van der Waals surface area contributed by atoms with Crippen LogP contribution in [0, 0.1) is 0 Å². The molecule has 3 nitrogen and oxygen atoms in total. The van der Waals surface area contributed by atoms with Gasteiger partial charge in [-0.15, -0.1) is 11.3 Å². The minimum absolute atomic E-state index is 0.464. The summed E-state index contributed by atoms with van der Waals surface area (Å²) in [4.78, 5) is 13.6. The number of thiophene rings is 1. The maximum absolute atomic E-state index is 11.2. The van der Waals surface area contributed by atoms with Gasteiger partial charge in [-0.3, -0.25) is 10.1 Å². The van der Waals surface area contributed by atoms with Crippen molar-refractivity contribution >= 4 is 33.2 Å². The van der Waals surface area contributed by atoms with Crippen molar-refractivity contribution in [2.45, 2.75) is 38.8 Å². The molecule has 0 fully saturated rings. The third kappa shape index (κ3) is 4.66. The van der Waals surface area contributed by atoms with Gasteiger partial charge < -0.3 is 5.11 Å². The van der Waals surface area contributed by atoms with E-state index >= 15 is 0 Å². The highest BCUT2D eigenvalue weighted by Crippen LogP contribution is 2.33. The molecule has 2 N–H and O–H groups in total. The van der Waals surface area contributed by atoms with Gasteiger partial charge in [0.1, 0.15) is 6.04 Å². The van der Waals surface area contributed by atoms with Crippen LogP contribution in [0.5, 0.6) is 0 Å². The fourth-order valence-corrected chi connectivity index (χ4v) is 3.85. The predicted molar refractivity (Wildman–Crippen MR) is 95.2 cm³/mol. The molecule has 0 radical (unpaired) electrons. The van der Waals surface area contributed by atoms with Crippen LogP contribution in [0.1, 0.15) is 31.1 Å². The first-order valence-corrected chi connectivity index (χ1v) is 9.02. The largest absolute Gasteiger partial charge is 0.480 e. The number of nitrogens with one attached hydrogen (secondary N) is 1. The SMILES string of the molecule is CCCCC(NCc1ccc(-c2ccccc2Br)s1)C(=O)O. The van der Waals surface area contributed by atoms with E-state index in [1.165, 1.54) is 10.4 Å². The van der Waals surface area contributed by atoms with Crippen molar-refractivity contribution in [3.63, 3.8) is 0 Å². The average Bonchev–Trinajstić information content (AvgIpc) is 2.96. The van der Waals surface area contributed by atoms with E-state index in [2.05, 4.69) is 46.4 Å². The second-order valence-electron chi connectivity index (χ2n) is 5.16. The Morgan fingerprint density at radius 2 is 2.09 bits per heavy atom. The van der Waals surface area contributed by atoms with Gasteiger partial charge >= 0.3 is 5.97 Å². The minimum atomic E-state index is -0.768. The second-order valence-corrected chi connectivity index (χ2v) is 7.18. The fraction of sp³-hybridized carbons (Fsp3) is 0.353. The summed E-state index contributed by atoms with van der Waals surface area (Å²) in [5, 5.41) is 12.4. The molecule has 1 aromatic heterocycles. The van der Waals surface area contributed by atoms with Crippen LogP contribution in [-0.4, -0.2) is 17.1 Å². The van der Waals surface area contributed by atoms with E-state index in [0.29, 0.717) is 13.0 Å². The van der Waals surface area contributed by atoms with Crippen LogP contribution in [0.3, 0.4) is 0 Å². The molecule has 5 heteroatoms. The Balaban J connectivity index is 2.00. The van der Waals surface area contributed by atoms with Crippen molar-refractivity contribution in [2.24, 2.45) is 0 Å². The Kier molecular flexibility index (Phi) is 6.61. The van der Waals surface area contributed by atoms with Crippen LogP contribution in [0.25, 0.3) is 10.4 Å². The molecule has 1 unspecified atom stereocenters. The van der Waals surface area contributed by atoms with Crippen molar-refractivity contribution in [3.05, 3.63) is 45.7 Å². The Morgan fingerprint density at radius 3 is 2.77 bits per heavy atom. The number of carbonyl (C=O) groups is 1. The Bertz CT molecular complexity index is 627. The van der Waals surface area contributed by atoms with Gasteiger partial charge in [0.15, 0.2) is 0 Å². The third-order valence-electron chi connectivity index (χ3n) is 3.47. The lowest BCUT2D eigenvalue weighted by molar-refractivity contribution is -0.139. The molecule has 22 heavy (non-hydrogen) atoms. The van der Waals surface area contributed by atoms with Gasteiger partial charge in [-0.1, -0.05) is 53.9 Å². The van der Waals surface area contributed by atoms with Crippen molar-refractivity contribution in [3.8, 4) is 10.4 Å². The lowest BCUT2D eigenvalue weighted by atomic mass is 10.1. The zero-order valence-corrected chi connectivity index (χ0v) is 14.9. The smallest absolute Gasteiger partial charge is 0.320 e. The maximum atomic E-state index is 11.2. The molecule has 0 saturated carbocycles. The number of carboxylic acid groups (broad SMARTS) is 1. The quantitative estimate of drug-likeness (QED) is 0.682. The van der Waals surface area contributed by atoms with Crippen LogP contribution in [0.2, 0.25) is 0 Å². The molecular weight excluding hydrogens is 362 g/mol. The van der Waals surface area contributed by atoms with Crippen molar-refractivity contribution in [2.75, 3.05) is 0 Å². The van der Waals surface area contributed by atoms with Gasteiger partial charge in [0.05, 0.1) is 0 Å². The number of carboxylic acids is 1. The topological polar surface area (TPSA) is 49.3 Å². The number of aliphatic carboxylic acids is 1. The second kappa shape index (κ2) is 8.46. The molecule has 0 spiro atoms. The van der Waals surface area contributed by atoms with E-state index in [4.69, 9.17) is 0 Å². The van der Waals surface area contributed by atoms with Gasteiger partial charge in [-0.25, -0.2) is 0 Å². The fourth-order valence-electron chi connectivity index (χ4n) is 2.22. The molecule has 1 aromatic carbocycles. The van der Waals surface area contributed by atoms with Crippen molar-refractivity contribution in [1.29, 1.82) is 0 Å². The van der Waals surface area contributed by atoms with Gasteiger partial charge in [0.2, 0.25) is 0 Å². The molecule has 2 rings (SSSR count). The maximum Gasteiger partial charge on any atom is 0.320 e. The van der Waals surface area contributed by atoms with E-state index in [0.717, 1.165) is 22.2 Å². The normalized spacial score (nSPS) is 12.3. The van der Waals surface area contributed by atoms with Crippen LogP contribution in [0.15, 0.2) is 40.9 Å². The molecule has 0 saturated heterocycles. The summed E-state index contributed by atoms with van der Waals surface area (Å²) in [6.07, 6.45) is 2.61. The molecule has 1 heterocycles. The number of hydrogen-bond acceptors (Lipinski definition) is 3. The standard InChI is InChI=1S/C17H20BrNO2S/c1-2-3-8-15(17(20)21)19-11-12-9-10-16(22-12)13-6-4-5-7-14(13)18/h4-7,9-10,15,19H,2-3,8,11H2,1H3,(H,20,21). The van der Waals surface area contributed by atoms with Gasteiger partial charge in [-0.2, -0.15) is 0 Å². The number of unbranched alkanes of at least 4 members (excludes halogenated alkanes) is 1. The number of benzene rings is 1. The summed E-state index contributed by atoms with van der Waals surface area (Å²) in [7, 11) is 0.